The average molecular weight is 359 g/mol. The van der Waals surface area contributed by atoms with Gasteiger partial charge in [0.15, 0.2) is 0 Å². The highest BCUT2D eigenvalue weighted by molar-refractivity contribution is 6.16. The van der Waals surface area contributed by atoms with E-state index in [1.54, 1.807) is 0 Å². The maximum Gasteiger partial charge on any atom is 0.106 e. The molecule has 2 heteroatoms. The van der Waals surface area contributed by atoms with Gasteiger partial charge in [0.1, 0.15) is 6.10 Å². The zero-order valence-corrected chi connectivity index (χ0v) is 15.2. The fraction of sp³-hybridized carbons (Fsp3) is 0.0769. The van der Waals surface area contributed by atoms with Gasteiger partial charge in [0.25, 0.3) is 0 Å². The van der Waals surface area contributed by atoms with Crippen LogP contribution in [0.2, 0.25) is 0 Å². The third-order valence-corrected chi connectivity index (χ3v) is 6.17. The SMILES string of the molecule is c1ccc2c(c1)-c1cc(C3CO3)ccc1-n1c3ccccc3c3cccc-2c31. The van der Waals surface area contributed by atoms with Gasteiger partial charge in [-0.2, -0.15) is 0 Å². The Balaban J connectivity index is 1.74. The fourth-order valence-corrected chi connectivity index (χ4v) is 4.84. The van der Waals surface area contributed by atoms with Crippen molar-refractivity contribution in [1.82, 2.24) is 4.57 Å². The van der Waals surface area contributed by atoms with E-state index in [0.717, 1.165) is 6.61 Å². The van der Waals surface area contributed by atoms with Crippen molar-refractivity contribution in [3.05, 3.63) is 90.5 Å². The van der Waals surface area contributed by atoms with Crippen molar-refractivity contribution in [1.29, 1.82) is 0 Å². The van der Waals surface area contributed by atoms with Gasteiger partial charge >= 0.3 is 0 Å². The first-order valence-electron chi connectivity index (χ1n) is 9.78. The zero-order valence-electron chi connectivity index (χ0n) is 15.2. The summed E-state index contributed by atoms with van der Waals surface area (Å²) in [4.78, 5) is 0. The highest BCUT2D eigenvalue weighted by Crippen LogP contribution is 2.47. The molecule has 0 amide bonds. The molecule has 28 heavy (non-hydrogen) atoms. The van der Waals surface area contributed by atoms with Crippen LogP contribution in [-0.2, 0) is 4.74 Å². The van der Waals surface area contributed by atoms with Crippen molar-refractivity contribution in [2.45, 2.75) is 6.10 Å². The van der Waals surface area contributed by atoms with Crippen molar-refractivity contribution in [2.75, 3.05) is 6.61 Å². The van der Waals surface area contributed by atoms with Crippen molar-refractivity contribution < 1.29 is 4.74 Å². The number of rotatable bonds is 1. The van der Waals surface area contributed by atoms with E-state index in [1.807, 2.05) is 0 Å². The molecule has 1 fully saturated rings. The summed E-state index contributed by atoms with van der Waals surface area (Å²) < 4.78 is 8.02. The average Bonchev–Trinajstić information content (AvgIpc) is 3.56. The van der Waals surface area contributed by atoms with Gasteiger partial charge in [-0.3, -0.25) is 0 Å². The van der Waals surface area contributed by atoms with Crippen molar-refractivity contribution >= 4 is 21.8 Å². The topological polar surface area (TPSA) is 17.5 Å². The molecule has 0 radical (unpaired) electrons. The molecule has 0 bridgehead atoms. The van der Waals surface area contributed by atoms with Crippen molar-refractivity contribution in [2.24, 2.45) is 0 Å². The van der Waals surface area contributed by atoms with Crippen LogP contribution >= 0.6 is 0 Å². The molecule has 2 nitrogen and oxygen atoms in total. The van der Waals surface area contributed by atoms with Gasteiger partial charge in [-0.25, -0.2) is 0 Å². The second-order valence-corrected chi connectivity index (χ2v) is 7.70. The molecular weight excluding hydrogens is 342 g/mol. The van der Waals surface area contributed by atoms with Crippen molar-refractivity contribution in [3.8, 4) is 27.9 Å². The maximum absolute atomic E-state index is 5.57. The first kappa shape index (κ1) is 14.7. The third kappa shape index (κ3) is 1.81. The first-order chi connectivity index (χ1) is 13.9. The van der Waals surface area contributed by atoms with Crippen LogP contribution in [0.5, 0.6) is 0 Å². The number of benzene rings is 4. The van der Waals surface area contributed by atoms with Gasteiger partial charge in [-0.1, -0.05) is 66.7 Å². The number of para-hydroxylation sites is 2. The number of hydrogen-bond acceptors (Lipinski definition) is 1. The molecular formula is C26H17NO. The van der Waals surface area contributed by atoms with Crippen LogP contribution in [0.15, 0.2) is 84.9 Å². The van der Waals surface area contributed by atoms with Gasteiger partial charge < -0.3 is 9.30 Å². The highest BCUT2D eigenvalue weighted by atomic mass is 16.6. The smallest absolute Gasteiger partial charge is 0.106 e. The van der Waals surface area contributed by atoms with E-state index in [0.29, 0.717) is 0 Å². The molecule has 1 unspecified atom stereocenters. The number of aromatic nitrogens is 1. The molecule has 0 aliphatic carbocycles. The second kappa shape index (κ2) is 5.12. The van der Waals surface area contributed by atoms with Crippen LogP contribution in [0, 0.1) is 0 Å². The van der Waals surface area contributed by atoms with Crippen LogP contribution in [0.4, 0.5) is 0 Å². The Bertz CT molecular complexity index is 1420. The molecule has 5 aromatic rings. The van der Waals surface area contributed by atoms with Gasteiger partial charge in [0.2, 0.25) is 0 Å². The molecule has 2 aliphatic heterocycles. The van der Waals surface area contributed by atoms with Gasteiger partial charge in [0, 0.05) is 21.9 Å². The molecule has 0 spiro atoms. The molecule has 0 N–H and O–H groups in total. The monoisotopic (exact) mass is 359 g/mol. The minimum absolute atomic E-state index is 0.254. The zero-order chi connectivity index (χ0) is 18.2. The lowest BCUT2D eigenvalue weighted by atomic mass is 9.92. The van der Waals surface area contributed by atoms with Crippen LogP contribution in [0.25, 0.3) is 49.7 Å². The minimum Gasteiger partial charge on any atom is -0.368 e. The summed E-state index contributed by atoms with van der Waals surface area (Å²) in [6.07, 6.45) is 0.254. The van der Waals surface area contributed by atoms with Crippen LogP contribution < -0.4 is 0 Å². The lowest BCUT2D eigenvalue weighted by Crippen LogP contribution is -1.97. The van der Waals surface area contributed by atoms with E-state index < -0.39 is 0 Å². The van der Waals surface area contributed by atoms with Crippen molar-refractivity contribution in [3.63, 3.8) is 0 Å². The van der Waals surface area contributed by atoms with Crippen LogP contribution in [0.1, 0.15) is 11.7 Å². The van der Waals surface area contributed by atoms with Gasteiger partial charge in [-0.15, -0.1) is 0 Å². The Kier molecular flexibility index (Phi) is 2.68. The Labute approximate surface area is 162 Å². The van der Waals surface area contributed by atoms with E-state index in [2.05, 4.69) is 89.5 Å². The molecule has 3 heterocycles. The maximum atomic E-state index is 5.57. The molecule has 132 valence electrons. The summed E-state index contributed by atoms with van der Waals surface area (Å²) in [7, 11) is 0. The quantitative estimate of drug-likeness (QED) is 0.306. The summed E-state index contributed by atoms with van der Waals surface area (Å²) in [5.74, 6) is 0. The number of fused-ring (bicyclic) bond motifs is 8. The molecule has 4 aromatic carbocycles. The Morgan fingerprint density at radius 1 is 0.679 bits per heavy atom. The molecule has 2 aliphatic rings. The fourth-order valence-electron chi connectivity index (χ4n) is 4.84. The Morgan fingerprint density at radius 2 is 1.39 bits per heavy atom. The third-order valence-electron chi connectivity index (χ3n) is 6.17. The van der Waals surface area contributed by atoms with Crippen LogP contribution in [0.3, 0.4) is 0 Å². The van der Waals surface area contributed by atoms with E-state index >= 15 is 0 Å². The highest BCUT2D eigenvalue weighted by Gasteiger charge is 2.28. The van der Waals surface area contributed by atoms with Gasteiger partial charge in [0.05, 0.1) is 23.3 Å². The predicted octanol–water partition coefficient (Wildman–Crippen LogP) is 6.50. The number of hydrogen-bond donors (Lipinski definition) is 0. The normalized spacial score (nSPS) is 16.6. The first-order valence-corrected chi connectivity index (χ1v) is 9.78. The van der Waals surface area contributed by atoms with E-state index in [1.165, 1.54) is 55.3 Å². The van der Waals surface area contributed by atoms with Crippen LogP contribution in [-0.4, -0.2) is 11.2 Å². The number of ether oxygens (including phenoxy) is 1. The Morgan fingerprint density at radius 3 is 2.25 bits per heavy atom. The largest absolute Gasteiger partial charge is 0.368 e. The van der Waals surface area contributed by atoms with E-state index in [4.69, 9.17) is 4.74 Å². The number of epoxide rings is 1. The molecule has 0 saturated carbocycles. The minimum atomic E-state index is 0.254. The summed E-state index contributed by atoms with van der Waals surface area (Å²) in [5, 5.41) is 2.62. The summed E-state index contributed by atoms with van der Waals surface area (Å²) in [5.41, 5.74) is 10.2. The summed E-state index contributed by atoms with van der Waals surface area (Å²) >= 11 is 0. The number of nitrogens with zero attached hydrogens (tertiary/aromatic N) is 1. The predicted molar refractivity (Wildman–Crippen MR) is 114 cm³/mol. The van der Waals surface area contributed by atoms with Gasteiger partial charge in [-0.05, 0) is 34.9 Å². The lowest BCUT2D eigenvalue weighted by molar-refractivity contribution is 0.415. The van der Waals surface area contributed by atoms with E-state index in [9.17, 15) is 0 Å². The standard InChI is InChI=1S/C26H17NO/c1-2-7-18-17(6-1)20-9-5-10-21-19-8-3-4-11-23(19)27(26(20)21)24-13-12-16(14-22(18)24)25-15-28-25/h1-14,25H,15H2. The molecule has 1 atom stereocenters. The summed E-state index contributed by atoms with van der Waals surface area (Å²) in [6.45, 7) is 0.831. The second-order valence-electron chi connectivity index (χ2n) is 7.70. The lowest BCUT2D eigenvalue weighted by Gasteiger charge is -2.13. The summed E-state index contributed by atoms with van der Waals surface area (Å²) in [6, 6.07) is 31.0. The molecule has 1 aromatic heterocycles. The van der Waals surface area contributed by atoms with E-state index in [-0.39, 0.29) is 6.10 Å². The molecule has 7 rings (SSSR count). The Hall–Kier alpha value is -3.36. The molecule has 1 saturated heterocycles.